The summed E-state index contributed by atoms with van der Waals surface area (Å²) in [5, 5.41) is 8.10. The van der Waals surface area contributed by atoms with Crippen LogP contribution in [0.3, 0.4) is 0 Å². The summed E-state index contributed by atoms with van der Waals surface area (Å²) >= 11 is 0. The smallest absolute Gasteiger partial charge is 0.155 e. The van der Waals surface area contributed by atoms with Gasteiger partial charge in [-0.25, -0.2) is 0 Å². The molecule has 0 bridgehead atoms. The molecule has 4 nitrogen and oxygen atoms in total. The van der Waals surface area contributed by atoms with E-state index in [4.69, 9.17) is 5.73 Å². The van der Waals surface area contributed by atoms with Gasteiger partial charge in [0.05, 0.1) is 6.20 Å². The lowest BCUT2D eigenvalue weighted by atomic mass is 10.1. The zero-order chi connectivity index (χ0) is 13.0. The molecule has 0 fully saturated rings. The normalized spacial score (nSPS) is 10.4. The maximum atomic E-state index is 5.72. The molecule has 0 aliphatic rings. The summed E-state index contributed by atoms with van der Waals surface area (Å²) in [6, 6.07) is 10.3. The Hall–Kier alpha value is -1.94. The van der Waals surface area contributed by atoms with E-state index in [0.717, 1.165) is 17.9 Å². The van der Waals surface area contributed by atoms with Gasteiger partial charge in [0.1, 0.15) is 0 Å². The van der Waals surface area contributed by atoms with Crippen LogP contribution in [0.1, 0.15) is 16.7 Å². The van der Waals surface area contributed by atoms with Crippen LogP contribution in [0.5, 0.6) is 0 Å². The highest BCUT2D eigenvalue weighted by Gasteiger charge is 2.09. The molecule has 0 amide bonds. The molecule has 18 heavy (non-hydrogen) atoms. The van der Waals surface area contributed by atoms with Gasteiger partial charge in [-0.05, 0) is 24.1 Å². The van der Waals surface area contributed by atoms with Gasteiger partial charge >= 0.3 is 0 Å². The van der Waals surface area contributed by atoms with E-state index >= 15 is 0 Å². The molecule has 0 atom stereocenters. The van der Waals surface area contributed by atoms with Crippen molar-refractivity contribution in [2.75, 3.05) is 11.9 Å². The van der Waals surface area contributed by atoms with E-state index in [1.807, 2.05) is 19.2 Å². The maximum absolute atomic E-state index is 5.72. The highest BCUT2D eigenvalue weighted by atomic mass is 15.2. The summed E-state index contributed by atoms with van der Waals surface area (Å²) in [7, 11) is 2.01. The molecule has 0 saturated carbocycles. The zero-order valence-electron chi connectivity index (χ0n) is 10.8. The van der Waals surface area contributed by atoms with E-state index in [1.54, 1.807) is 6.20 Å². The number of nitrogens with two attached hydrogens (primary N) is 1. The van der Waals surface area contributed by atoms with Crippen LogP contribution in [0.2, 0.25) is 0 Å². The first-order valence-electron chi connectivity index (χ1n) is 5.98. The van der Waals surface area contributed by atoms with Crippen LogP contribution in [-0.2, 0) is 13.1 Å². The SMILES string of the molecule is Cc1ccccc1CN(C)c1nnccc1CN. The Morgan fingerprint density at radius 1 is 1.17 bits per heavy atom. The first-order valence-corrected chi connectivity index (χ1v) is 5.98. The van der Waals surface area contributed by atoms with Crippen LogP contribution in [0.4, 0.5) is 5.82 Å². The van der Waals surface area contributed by atoms with E-state index in [0.29, 0.717) is 6.54 Å². The van der Waals surface area contributed by atoms with Crippen LogP contribution < -0.4 is 10.6 Å². The van der Waals surface area contributed by atoms with Crippen molar-refractivity contribution in [2.24, 2.45) is 5.73 Å². The zero-order valence-corrected chi connectivity index (χ0v) is 10.8. The molecule has 1 heterocycles. The maximum Gasteiger partial charge on any atom is 0.155 e. The van der Waals surface area contributed by atoms with Crippen molar-refractivity contribution < 1.29 is 0 Å². The van der Waals surface area contributed by atoms with Gasteiger partial charge in [-0.2, -0.15) is 5.10 Å². The monoisotopic (exact) mass is 242 g/mol. The second-order valence-corrected chi connectivity index (χ2v) is 4.37. The number of hydrogen-bond donors (Lipinski definition) is 1. The molecule has 0 aliphatic heterocycles. The second-order valence-electron chi connectivity index (χ2n) is 4.37. The third kappa shape index (κ3) is 2.65. The van der Waals surface area contributed by atoms with Crippen molar-refractivity contribution in [2.45, 2.75) is 20.0 Å². The Morgan fingerprint density at radius 3 is 2.67 bits per heavy atom. The summed E-state index contributed by atoms with van der Waals surface area (Å²) in [5.74, 6) is 0.850. The van der Waals surface area contributed by atoms with Crippen LogP contribution in [0.15, 0.2) is 36.5 Å². The van der Waals surface area contributed by atoms with Crippen molar-refractivity contribution in [1.82, 2.24) is 10.2 Å². The first-order chi connectivity index (χ1) is 8.72. The fraction of sp³-hybridized carbons (Fsp3) is 0.286. The van der Waals surface area contributed by atoms with E-state index in [2.05, 4.69) is 40.2 Å². The summed E-state index contributed by atoms with van der Waals surface area (Å²) in [6.07, 6.45) is 1.67. The lowest BCUT2D eigenvalue weighted by Crippen LogP contribution is -2.21. The van der Waals surface area contributed by atoms with Gasteiger partial charge in [0.2, 0.25) is 0 Å². The minimum Gasteiger partial charge on any atom is -0.354 e. The van der Waals surface area contributed by atoms with Gasteiger partial charge < -0.3 is 10.6 Å². The first kappa shape index (κ1) is 12.5. The molecule has 94 valence electrons. The third-order valence-electron chi connectivity index (χ3n) is 3.03. The molecular weight excluding hydrogens is 224 g/mol. The van der Waals surface area contributed by atoms with Gasteiger partial charge in [-0.15, -0.1) is 5.10 Å². The standard InChI is InChI=1S/C14H18N4/c1-11-5-3-4-6-13(11)10-18(2)14-12(9-15)7-8-16-17-14/h3-8H,9-10,15H2,1-2H3. The average molecular weight is 242 g/mol. The van der Waals surface area contributed by atoms with Crippen molar-refractivity contribution in [3.63, 3.8) is 0 Å². The van der Waals surface area contributed by atoms with E-state index in [9.17, 15) is 0 Å². The second kappa shape index (κ2) is 5.60. The van der Waals surface area contributed by atoms with E-state index in [-0.39, 0.29) is 0 Å². The molecule has 0 saturated heterocycles. The van der Waals surface area contributed by atoms with Crippen molar-refractivity contribution in [1.29, 1.82) is 0 Å². The Bertz CT molecular complexity index is 525. The molecule has 2 rings (SSSR count). The van der Waals surface area contributed by atoms with Gasteiger partial charge in [-0.1, -0.05) is 24.3 Å². The minimum absolute atomic E-state index is 0.475. The Kier molecular flexibility index (Phi) is 3.89. The van der Waals surface area contributed by atoms with Crippen molar-refractivity contribution >= 4 is 5.82 Å². The van der Waals surface area contributed by atoms with Crippen molar-refractivity contribution in [3.8, 4) is 0 Å². The topological polar surface area (TPSA) is 55.0 Å². The minimum atomic E-state index is 0.475. The van der Waals surface area contributed by atoms with Crippen LogP contribution in [0, 0.1) is 6.92 Å². The number of benzene rings is 1. The molecule has 0 radical (unpaired) electrons. The van der Waals surface area contributed by atoms with Gasteiger partial charge in [0, 0.05) is 25.7 Å². The third-order valence-corrected chi connectivity index (χ3v) is 3.03. The number of rotatable bonds is 4. The number of nitrogens with zero attached hydrogens (tertiary/aromatic N) is 3. The number of aromatic nitrogens is 2. The highest BCUT2D eigenvalue weighted by molar-refractivity contribution is 5.45. The van der Waals surface area contributed by atoms with Crippen LogP contribution in [-0.4, -0.2) is 17.2 Å². The summed E-state index contributed by atoms with van der Waals surface area (Å²) < 4.78 is 0. The molecule has 1 aromatic heterocycles. The Morgan fingerprint density at radius 2 is 1.94 bits per heavy atom. The van der Waals surface area contributed by atoms with E-state index < -0.39 is 0 Å². The molecule has 1 aromatic carbocycles. The average Bonchev–Trinajstić information content (AvgIpc) is 2.41. The van der Waals surface area contributed by atoms with E-state index in [1.165, 1.54) is 11.1 Å². The highest BCUT2D eigenvalue weighted by Crippen LogP contribution is 2.18. The molecule has 0 unspecified atom stereocenters. The number of hydrogen-bond acceptors (Lipinski definition) is 4. The lowest BCUT2D eigenvalue weighted by Gasteiger charge is -2.20. The molecular formula is C14H18N4. The van der Waals surface area contributed by atoms with Gasteiger partial charge in [0.25, 0.3) is 0 Å². The molecule has 2 aromatic rings. The van der Waals surface area contributed by atoms with Crippen LogP contribution in [0.25, 0.3) is 0 Å². The quantitative estimate of drug-likeness (QED) is 0.889. The molecule has 0 spiro atoms. The molecule has 4 heteroatoms. The molecule has 0 aliphatic carbocycles. The predicted octanol–water partition coefficient (Wildman–Crippen LogP) is 1.88. The van der Waals surface area contributed by atoms with Gasteiger partial charge in [-0.3, -0.25) is 0 Å². The molecule has 2 N–H and O–H groups in total. The largest absolute Gasteiger partial charge is 0.354 e. The number of aryl methyl sites for hydroxylation is 1. The summed E-state index contributed by atoms with van der Waals surface area (Å²) in [5.41, 5.74) is 9.30. The van der Waals surface area contributed by atoms with Gasteiger partial charge in [0.15, 0.2) is 5.82 Å². The fourth-order valence-corrected chi connectivity index (χ4v) is 1.95. The number of anilines is 1. The van der Waals surface area contributed by atoms with Crippen LogP contribution >= 0.6 is 0 Å². The Labute approximate surface area is 107 Å². The van der Waals surface area contributed by atoms with Crippen molar-refractivity contribution in [3.05, 3.63) is 53.2 Å². The predicted molar refractivity (Wildman–Crippen MR) is 73.2 cm³/mol. The summed E-state index contributed by atoms with van der Waals surface area (Å²) in [6.45, 7) is 3.39. The fourth-order valence-electron chi connectivity index (χ4n) is 1.95. The Balaban J connectivity index is 2.22. The lowest BCUT2D eigenvalue weighted by molar-refractivity contribution is 0.839. The summed E-state index contributed by atoms with van der Waals surface area (Å²) in [4.78, 5) is 2.08.